The molecule has 19 heavy (non-hydrogen) atoms. The van der Waals surface area contributed by atoms with Crippen molar-refractivity contribution in [1.29, 1.82) is 0 Å². The van der Waals surface area contributed by atoms with Crippen LogP contribution in [0.25, 0.3) is 0 Å². The van der Waals surface area contributed by atoms with Crippen LogP contribution < -0.4 is 5.32 Å². The molecule has 8 nitrogen and oxygen atoms in total. The van der Waals surface area contributed by atoms with E-state index in [1.807, 2.05) is 0 Å². The second kappa shape index (κ2) is 6.17. The highest BCUT2D eigenvalue weighted by molar-refractivity contribution is 5.82. The summed E-state index contributed by atoms with van der Waals surface area (Å²) in [6, 6.07) is -1.05. The monoisotopic (exact) mass is 270 g/mol. The molecule has 0 fully saturated rings. The topological polar surface area (TPSA) is 106 Å². The van der Waals surface area contributed by atoms with Gasteiger partial charge < -0.3 is 14.8 Å². The predicted molar refractivity (Wildman–Crippen MR) is 65.1 cm³/mol. The maximum atomic E-state index is 11.8. The van der Waals surface area contributed by atoms with E-state index < -0.39 is 23.7 Å². The van der Waals surface area contributed by atoms with E-state index in [0.717, 1.165) is 0 Å². The number of ether oxygens (including phenoxy) is 2. The molecule has 1 unspecified atom stereocenters. The second-order valence-electron chi connectivity index (χ2n) is 4.73. The molecule has 0 radical (unpaired) electrons. The maximum absolute atomic E-state index is 11.8. The van der Waals surface area contributed by atoms with Gasteiger partial charge in [-0.1, -0.05) is 5.21 Å². The van der Waals surface area contributed by atoms with Crippen molar-refractivity contribution >= 4 is 12.1 Å². The van der Waals surface area contributed by atoms with Crippen LogP contribution in [-0.4, -0.2) is 39.7 Å². The summed E-state index contributed by atoms with van der Waals surface area (Å²) < 4.78 is 9.95. The minimum atomic E-state index is -1.05. The Kier molecular flexibility index (Phi) is 4.85. The number of aromatic amines is 1. The summed E-state index contributed by atoms with van der Waals surface area (Å²) in [4.78, 5) is 23.4. The Hall–Kier alpha value is -2.12. The number of aromatic nitrogens is 3. The minimum Gasteiger partial charge on any atom is -0.464 e. The van der Waals surface area contributed by atoms with Gasteiger partial charge in [0.05, 0.1) is 6.61 Å². The predicted octanol–water partition coefficient (Wildman–Crippen LogP) is 0.934. The van der Waals surface area contributed by atoms with Crippen molar-refractivity contribution in [3.05, 3.63) is 11.9 Å². The van der Waals surface area contributed by atoms with Crippen molar-refractivity contribution in [3.8, 4) is 0 Å². The van der Waals surface area contributed by atoms with Crippen molar-refractivity contribution in [2.45, 2.75) is 39.3 Å². The van der Waals surface area contributed by atoms with E-state index in [-0.39, 0.29) is 12.3 Å². The molecule has 1 amide bonds. The first-order valence-corrected chi connectivity index (χ1v) is 5.86. The molecular weight excluding hydrogens is 252 g/mol. The third-order valence-corrected chi connectivity index (χ3v) is 1.91. The van der Waals surface area contributed by atoms with Crippen LogP contribution in [0.3, 0.4) is 0 Å². The molecule has 0 saturated heterocycles. The standard InChI is InChI=1S/C11H18N4O4/c1-5-18-9(16)8(7-6-12-15-14-7)13-10(17)19-11(2,3)4/h6,8H,5H2,1-4H3,(H,13,17)(H,12,14,15). The molecule has 8 heteroatoms. The Morgan fingerprint density at radius 3 is 2.63 bits per heavy atom. The van der Waals surface area contributed by atoms with Gasteiger partial charge in [-0.05, 0) is 27.7 Å². The van der Waals surface area contributed by atoms with Crippen LogP contribution in [0.15, 0.2) is 6.20 Å². The van der Waals surface area contributed by atoms with Gasteiger partial charge in [-0.3, -0.25) is 5.10 Å². The minimum absolute atomic E-state index is 0.198. The number of carbonyl (C=O) groups excluding carboxylic acids is 2. The van der Waals surface area contributed by atoms with Crippen molar-refractivity contribution in [2.75, 3.05) is 6.61 Å². The zero-order chi connectivity index (χ0) is 14.5. The third kappa shape index (κ3) is 4.94. The van der Waals surface area contributed by atoms with Gasteiger partial charge in [-0.15, -0.1) is 5.10 Å². The lowest BCUT2D eigenvalue weighted by molar-refractivity contribution is -0.146. The number of amides is 1. The van der Waals surface area contributed by atoms with E-state index in [1.165, 1.54) is 6.20 Å². The van der Waals surface area contributed by atoms with Crippen molar-refractivity contribution in [1.82, 2.24) is 20.7 Å². The Morgan fingerprint density at radius 2 is 2.16 bits per heavy atom. The fourth-order valence-electron chi connectivity index (χ4n) is 1.26. The van der Waals surface area contributed by atoms with E-state index in [0.29, 0.717) is 0 Å². The van der Waals surface area contributed by atoms with Crippen LogP contribution >= 0.6 is 0 Å². The van der Waals surface area contributed by atoms with Crippen molar-refractivity contribution in [3.63, 3.8) is 0 Å². The molecule has 0 aliphatic rings. The zero-order valence-corrected chi connectivity index (χ0v) is 11.4. The second-order valence-corrected chi connectivity index (χ2v) is 4.73. The number of carbonyl (C=O) groups is 2. The molecule has 1 rings (SSSR count). The van der Waals surface area contributed by atoms with Crippen LogP contribution in [0.4, 0.5) is 4.79 Å². The molecule has 2 N–H and O–H groups in total. The lowest BCUT2D eigenvalue weighted by Crippen LogP contribution is -2.39. The number of H-pyrrole nitrogens is 1. The summed E-state index contributed by atoms with van der Waals surface area (Å²) >= 11 is 0. The molecule has 1 aromatic heterocycles. The molecule has 106 valence electrons. The quantitative estimate of drug-likeness (QED) is 0.788. The molecule has 0 saturated carbocycles. The number of rotatable bonds is 4. The number of alkyl carbamates (subject to hydrolysis) is 1. The molecule has 0 spiro atoms. The van der Waals surface area contributed by atoms with Gasteiger partial charge in [0.25, 0.3) is 0 Å². The Labute approximate surface area is 110 Å². The Morgan fingerprint density at radius 1 is 1.47 bits per heavy atom. The first kappa shape index (κ1) is 14.9. The summed E-state index contributed by atoms with van der Waals surface area (Å²) in [6.45, 7) is 7.04. The molecule has 0 aliphatic heterocycles. The highest BCUT2D eigenvalue weighted by Crippen LogP contribution is 2.13. The molecule has 1 heterocycles. The van der Waals surface area contributed by atoms with Crippen LogP contribution in [-0.2, 0) is 14.3 Å². The van der Waals surface area contributed by atoms with E-state index in [9.17, 15) is 9.59 Å². The first-order valence-electron chi connectivity index (χ1n) is 5.86. The fraction of sp³-hybridized carbons (Fsp3) is 0.636. The van der Waals surface area contributed by atoms with Crippen molar-refractivity contribution in [2.24, 2.45) is 0 Å². The average Bonchev–Trinajstić information content (AvgIpc) is 2.76. The van der Waals surface area contributed by atoms with E-state index in [2.05, 4.69) is 20.7 Å². The zero-order valence-electron chi connectivity index (χ0n) is 11.4. The van der Waals surface area contributed by atoms with Gasteiger partial charge in [0.1, 0.15) is 11.3 Å². The largest absolute Gasteiger partial charge is 0.464 e. The van der Waals surface area contributed by atoms with Gasteiger partial charge in [0, 0.05) is 6.20 Å². The van der Waals surface area contributed by atoms with Gasteiger partial charge in [-0.2, -0.15) is 0 Å². The summed E-state index contributed by atoms with van der Waals surface area (Å²) in [5.41, 5.74) is -0.406. The fourth-order valence-corrected chi connectivity index (χ4v) is 1.26. The summed E-state index contributed by atoms with van der Waals surface area (Å²) in [7, 11) is 0. The molecule has 1 aromatic rings. The summed E-state index contributed by atoms with van der Waals surface area (Å²) in [5.74, 6) is -0.623. The van der Waals surface area contributed by atoms with Gasteiger partial charge >= 0.3 is 12.1 Å². The van der Waals surface area contributed by atoms with E-state index in [4.69, 9.17) is 9.47 Å². The Balaban J connectivity index is 2.76. The highest BCUT2D eigenvalue weighted by Gasteiger charge is 2.28. The van der Waals surface area contributed by atoms with Crippen LogP contribution in [0, 0.1) is 0 Å². The number of nitrogens with one attached hydrogen (secondary N) is 2. The van der Waals surface area contributed by atoms with Gasteiger partial charge in [0.15, 0.2) is 6.04 Å². The maximum Gasteiger partial charge on any atom is 0.408 e. The molecule has 1 atom stereocenters. The molecule has 0 aliphatic carbocycles. The van der Waals surface area contributed by atoms with Gasteiger partial charge in [-0.25, -0.2) is 9.59 Å². The SMILES string of the molecule is CCOC(=O)C(NC(=O)OC(C)(C)C)c1c[nH]nn1. The average molecular weight is 270 g/mol. The molecule has 0 aromatic carbocycles. The Bertz CT molecular complexity index is 424. The normalized spacial score (nSPS) is 12.6. The molecule has 0 bridgehead atoms. The lowest BCUT2D eigenvalue weighted by Gasteiger charge is -2.22. The van der Waals surface area contributed by atoms with Crippen LogP contribution in [0.5, 0.6) is 0 Å². The highest BCUT2D eigenvalue weighted by atomic mass is 16.6. The number of hydrogen-bond donors (Lipinski definition) is 2. The summed E-state index contributed by atoms with van der Waals surface area (Å²) in [6.07, 6.45) is 0.674. The first-order chi connectivity index (χ1) is 8.83. The van der Waals surface area contributed by atoms with Gasteiger partial charge in [0.2, 0.25) is 0 Å². The van der Waals surface area contributed by atoms with Crippen LogP contribution in [0.1, 0.15) is 39.4 Å². The number of hydrogen-bond acceptors (Lipinski definition) is 6. The van der Waals surface area contributed by atoms with E-state index >= 15 is 0 Å². The van der Waals surface area contributed by atoms with Crippen LogP contribution in [0.2, 0.25) is 0 Å². The third-order valence-electron chi connectivity index (χ3n) is 1.91. The molecular formula is C11H18N4O4. The lowest BCUT2D eigenvalue weighted by atomic mass is 10.2. The smallest absolute Gasteiger partial charge is 0.408 e. The number of esters is 1. The number of nitrogens with zero attached hydrogens (tertiary/aromatic N) is 2. The van der Waals surface area contributed by atoms with E-state index in [1.54, 1.807) is 27.7 Å². The van der Waals surface area contributed by atoms with Crippen molar-refractivity contribution < 1.29 is 19.1 Å². The summed E-state index contributed by atoms with van der Waals surface area (Å²) in [5, 5.41) is 12.1.